The van der Waals surface area contributed by atoms with E-state index in [0.29, 0.717) is 0 Å². The fourth-order valence-electron chi connectivity index (χ4n) is 2.20. The van der Waals surface area contributed by atoms with Gasteiger partial charge in [0.1, 0.15) is 0 Å². The van der Waals surface area contributed by atoms with E-state index in [2.05, 4.69) is 18.6 Å². The lowest BCUT2D eigenvalue weighted by molar-refractivity contribution is 0.465. The molecular weight excluding hydrogens is 134 g/mol. The summed E-state index contributed by atoms with van der Waals surface area (Å²) in [5, 5.41) is 0. The Bertz CT molecular complexity index is 120. The lowest BCUT2D eigenvalue weighted by Gasteiger charge is -2.07. The fraction of sp³-hybridized carbons (Fsp3) is 0.900. The average Bonchev–Trinajstić information content (AvgIpc) is 2.38. The molecule has 11 heavy (non-hydrogen) atoms. The van der Waals surface area contributed by atoms with Crippen LogP contribution in [0.25, 0.3) is 0 Å². The van der Waals surface area contributed by atoms with Gasteiger partial charge in [-0.05, 0) is 31.4 Å². The Kier molecular flexibility index (Phi) is 3.61. The maximum atomic E-state index is 3.96. The first-order valence-corrected chi connectivity index (χ1v) is 4.79. The van der Waals surface area contributed by atoms with Gasteiger partial charge in [0.15, 0.2) is 0 Å². The Balaban J connectivity index is 2.17. The van der Waals surface area contributed by atoms with Crippen LogP contribution in [-0.2, 0) is 0 Å². The molecule has 2 atom stereocenters. The maximum Gasteiger partial charge on any atom is 0.0410 e. The van der Waals surface area contributed by atoms with E-state index in [1.165, 1.54) is 32.1 Å². The van der Waals surface area contributed by atoms with Gasteiger partial charge in [-0.3, -0.25) is 0 Å². The monoisotopic (exact) mass is 153 g/mol. The van der Waals surface area contributed by atoms with Gasteiger partial charge in [0, 0.05) is 6.54 Å². The van der Waals surface area contributed by atoms with Crippen LogP contribution in [0.3, 0.4) is 0 Å². The van der Waals surface area contributed by atoms with Crippen LogP contribution < -0.4 is 0 Å². The predicted molar refractivity (Wildman–Crippen MR) is 50.2 cm³/mol. The van der Waals surface area contributed by atoms with Crippen LogP contribution in [0.15, 0.2) is 4.99 Å². The lowest BCUT2D eigenvalue weighted by Crippen LogP contribution is -1.99. The van der Waals surface area contributed by atoms with Gasteiger partial charge in [-0.2, -0.15) is 0 Å². The Morgan fingerprint density at radius 2 is 2.09 bits per heavy atom. The van der Waals surface area contributed by atoms with Gasteiger partial charge < -0.3 is 4.99 Å². The van der Waals surface area contributed by atoms with Crippen molar-refractivity contribution in [3.63, 3.8) is 0 Å². The Labute approximate surface area is 69.9 Å². The van der Waals surface area contributed by atoms with Crippen molar-refractivity contribution in [1.29, 1.82) is 0 Å². The van der Waals surface area contributed by atoms with E-state index in [0.717, 1.165) is 18.4 Å². The Morgan fingerprint density at radius 3 is 2.73 bits per heavy atom. The van der Waals surface area contributed by atoms with Crippen molar-refractivity contribution in [2.24, 2.45) is 16.8 Å². The molecule has 0 aromatic carbocycles. The van der Waals surface area contributed by atoms with Crippen LogP contribution in [0.1, 0.15) is 39.0 Å². The van der Waals surface area contributed by atoms with E-state index in [1.54, 1.807) is 0 Å². The zero-order valence-electron chi connectivity index (χ0n) is 7.55. The van der Waals surface area contributed by atoms with E-state index in [9.17, 15) is 0 Å². The second kappa shape index (κ2) is 4.53. The smallest absolute Gasteiger partial charge is 0.0410 e. The SMILES string of the molecule is C=NCC1CCC(CCC)C1. The van der Waals surface area contributed by atoms with Gasteiger partial charge in [0.2, 0.25) is 0 Å². The number of hydrogen-bond donors (Lipinski definition) is 0. The second-order valence-electron chi connectivity index (χ2n) is 3.74. The van der Waals surface area contributed by atoms with Gasteiger partial charge in [0.05, 0.1) is 0 Å². The van der Waals surface area contributed by atoms with Crippen molar-refractivity contribution < 1.29 is 0 Å². The van der Waals surface area contributed by atoms with Crippen molar-refractivity contribution in [2.75, 3.05) is 6.54 Å². The molecule has 2 unspecified atom stereocenters. The summed E-state index contributed by atoms with van der Waals surface area (Å²) >= 11 is 0. The van der Waals surface area contributed by atoms with Gasteiger partial charge in [0.25, 0.3) is 0 Å². The summed E-state index contributed by atoms with van der Waals surface area (Å²) in [5.74, 6) is 1.87. The summed E-state index contributed by atoms with van der Waals surface area (Å²) in [6, 6.07) is 0. The Hall–Kier alpha value is -0.330. The highest BCUT2D eigenvalue weighted by atomic mass is 14.7. The van der Waals surface area contributed by atoms with Crippen LogP contribution >= 0.6 is 0 Å². The molecule has 1 nitrogen and oxygen atoms in total. The summed E-state index contributed by atoms with van der Waals surface area (Å²) in [6.07, 6.45) is 7.01. The number of nitrogens with zero attached hydrogens (tertiary/aromatic N) is 1. The number of rotatable bonds is 4. The van der Waals surface area contributed by atoms with E-state index in [4.69, 9.17) is 0 Å². The first kappa shape index (κ1) is 8.76. The number of aliphatic imine (C=N–C) groups is 1. The van der Waals surface area contributed by atoms with Crippen LogP contribution in [0, 0.1) is 11.8 Å². The molecule has 0 amide bonds. The third kappa shape index (κ3) is 2.64. The summed E-state index contributed by atoms with van der Waals surface area (Å²) < 4.78 is 0. The second-order valence-corrected chi connectivity index (χ2v) is 3.74. The van der Waals surface area contributed by atoms with Gasteiger partial charge in [-0.15, -0.1) is 0 Å². The van der Waals surface area contributed by atoms with E-state index in [1.807, 2.05) is 0 Å². The molecule has 1 heteroatoms. The molecule has 0 heterocycles. The molecule has 0 saturated heterocycles. The highest BCUT2D eigenvalue weighted by molar-refractivity contribution is 5.23. The zero-order chi connectivity index (χ0) is 8.10. The van der Waals surface area contributed by atoms with Crippen molar-refractivity contribution in [1.82, 2.24) is 0 Å². The minimum atomic E-state index is 0.865. The van der Waals surface area contributed by atoms with Gasteiger partial charge >= 0.3 is 0 Å². The molecule has 0 aromatic heterocycles. The zero-order valence-corrected chi connectivity index (χ0v) is 7.55. The van der Waals surface area contributed by atoms with Crippen molar-refractivity contribution >= 4 is 6.72 Å². The van der Waals surface area contributed by atoms with Crippen molar-refractivity contribution in [3.8, 4) is 0 Å². The molecule has 64 valence electrons. The van der Waals surface area contributed by atoms with Crippen LogP contribution in [0.2, 0.25) is 0 Å². The summed E-state index contributed by atoms with van der Waals surface area (Å²) in [5.41, 5.74) is 0. The lowest BCUT2D eigenvalue weighted by atomic mass is 10.0. The van der Waals surface area contributed by atoms with Crippen LogP contribution in [0.4, 0.5) is 0 Å². The average molecular weight is 153 g/mol. The normalized spacial score (nSPS) is 30.6. The molecule has 1 aliphatic rings. The number of hydrogen-bond acceptors (Lipinski definition) is 1. The third-order valence-corrected chi connectivity index (χ3v) is 2.73. The van der Waals surface area contributed by atoms with Crippen LogP contribution in [-0.4, -0.2) is 13.3 Å². The Morgan fingerprint density at radius 1 is 1.36 bits per heavy atom. The third-order valence-electron chi connectivity index (χ3n) is 2.73. The molecule has 0 spiro atoms. The highest BCUT2D eigenvalue weighted by Crippen LogP contribution is 2.33. The summed E-state index contributed by atoms with van der Waals surface area (Å²) in [6.45, 7) is 6.82. The minimum Gasteiger partial charge on any atom is -0.301 e. The topological polar surface area (TPSA) is 12.4 Å². The molecule has 1 rings (SSSR count). The predicted octanol–water partition coefficient (Wildman–Crippen LogP) is 2.90. The largest absolute Gasteiger partial charge is 0.301 e. The molecule has 1 fully saturated rings. The molecule has 0 radical (unpaired) electrons. The molecule has 0 aliphatic heterocycles. The summed E-state index contributed by atoms with van der Waals surface area (Å²) in [7, 11) is 0. The molecule has 0 bridgehead atoms. The first-order valence-electron chi connectivity index (χ1n) is 4.79. The van der Waals surface area contributed by atoms with Gasteiger partial charge in [-0.25, -0.2) is 0 Å². The van der Waals surface area contributed by atoms with Gasteiger partial charge in [-0.1, -0.05) is 26.2 Å². The standard InChI is InChI=1S/C10H19N/c1-3-4-9-5-6-10(7-9)8-11-2/h9-10H,2-8H2,1H3. The fourth-order valence-corrected chi connectivity index (χ4v) is 2.20. The first-order chi connectivity index (χ1) is 5.36. The van der Waals surface area contributed by atoms with E-state index < -0.39 is 0 Å². The van der Waals surface area contributed by atoms with Crippen molar-refractivity contribution in [2.45, 2.75) is 39.0 Å². The van der Waals surface area contributed by atoms with E-state index >= 15 is 0 Å². The van der Waals surface area contributed by atoms with Crippen LogP contribution in [0.5, 0.6) is 0 Å². The molecule has 0 aromatic rings. The maximum absolute atomic E-state index is 3.96. The minimum absolute atomic E-state index is 0.865. The van der Waals surface area contributed by atoms with E-state index in [-0.39, 0.29) is 0 Å². The summed E-state index contributed by atoms with van der Waals surface area (Å²) in [4.78, 5) is 3.96. The molecule has 0 N–H and O–H groups in total. The highest BCUT2D eigenvalue weighted by Gasteiger charge is 2.22. The molecular formula is C10H19N. The van der Waals surface area contributed by atoms with Crippen molar-refractivity contribution in [3.05, 3.63) is 0 Å². The quantitative estimate of drug-likeness (QED) is 0.551. The molecule has 1 aliphatic carbocycles. The molecule has 1 saturated carbocycles.